The standard InChI is InChI=1S/C30H46O3/c1-25(2)21-10-13-30(7)22(28(21,5)12-11-23(25)31)9-8-19-20-18-27(4,24(32)33)15-14-26(20,3)16-17-29(19,30)6/h8-9,21-23,31H,10-18H2,1-7H3,(H,32,33)/t21-,22-,23+,26-,27+,28+,29-,30-/m1/s1. The summed E-state index contributed by atoms with van der Waals surface area (Å²) in [4.78, 5) is 12.2. The van der Waals surface area contributed by atoms with E-state index in [4.69, 9.17) is 0 Å². The van der Waals surface area contributed by atoms with Crippen LogP contribution in [0, 0.1) is 44.3 Å². The minimum absolute atomic E-state index is 0.0420. The van der Waals surface area contributed by atoms with Crippen LogP contribution in [0.1, 0.15) is 106 Å². The number of carboxylic acid groups (broad SMARTS) is 1. The molecule has 8 atom stereocenters. The van der Waals surface area contributed by atoms with Gasteiger partial charge in [-0.2, -0.15) is 0 Å². The maximum Gasteiger partial charge on any atom is 0.309 e. The summed E-state index contributed by atoms with van der Waals surface area (Å²) in [5.41, 5.74) is 2.87. The molecule has 0 radical (unpaired) electrons. The van der Waals surface area contributed by atoms with Crippen LogP contribution in [0.25, 0.3) is 0 Å². The van der Waals surface area contributed by atoms with Gasteiger partial charge in [0.1, 0.15) is 0 Å². The Bertz CT molecular complexity index is 944. The number of fused-ring (bicyclic) bond motifs is 6. The normalized spacial score (nSPS) is 52.9. The maximum absolute atomic E-state index is 12.2. The molecule has 0 unspecified atom stereocenters. The van der Waals surface area contributed by atoms with E-state index in [0.717, 1.165) is 25.7 Å². The predicted octanol–water partition coefficient (Wildman–Crippen LogP) is 7.15. The fourth-order valence-electron chi connectivity index (χ4n) is 9.87. The lowest BCUT2D eigenvalue weighted by molar-refractivity contribution is -0.182. The van der Waals surface area contributed by atoms with Crippen LogP contribution in [0.3, 0.4) is 0 Å². The Morgan fingerprint density at radius 1 is 0.909 bits per heavy atom. The Kier molecular flexibility index (Phi) is 4.85. The van der Waals surface area contributed by atoms with E-state index in [1.54, 1.807) is 0 Å². The van der Waals surface area contributed by atoms with E-state index in [1.165, 1.54) is 36.8 Å². The SMILES string of the molecule is CC1(C)[C@H]2CC[C@]3(C)[C@H](C=CC4=C5C[C@@](C)(C(=O)O)CC[C@]5(C)CC[C@]43C)[C@@]2(C)CC[C@@H]1O. The second kappa shape index (κ2) is 6.77. The zero-order valence-corrected chi connectivity index (χ0v) is 22.1. The number of aliphatic hydroxyl groups excluding tert-OH is 1. The zero-order chi connectivity index (χ0) is 24.2. The summed E-state index contributed by atoms with van der Waals surface area (Å²) in [7, 11) is 0. The van der Waals surface area contributed by atoms with Crippen LogP contribution in [-0.2, 0) is 4.79 Å². The van der Waals surface area contributed by atoms with Crippen molar-refractivity contribution in [3.8, 4) is 0 Å². The quantitative estimate of drug-likeness (QED) is 0.442. The number of carbonyl (C=O) groups is 1. The highest BCUT2D eigenvalue weighted by molar-refractivity contribution is 5.75. The van der Waals surface area contributed by atoms with E-state index < -0.39 is 11.4 Å². The van der Waals surface area contributed by atoms with Crippen LogP contribution in [-0.4, -0.2) is 22.3 Å². The number of aliphatic hydroxyl groups is 1. The van der Waals surface area contributed by atoms with Gasteiger partial charge in [0.15, 0.2) is 0 Å². The van der Waals surface area contributed by atoms with Gasteiger partial charge >= 0.3 is 5.97 Å². The molecule has 3 saturated carbocycles. The molecule has 5 aliphatic carbocycles. The number of aliphatic carboxylic acids is 1. The second-order valence-corrected chi connectivity index (χ2v) is 14.6. The molecule has 33 heavy (non-hydrogen) atoms. The van der Waals surface area contributed by atoms with Gasteiger partial charge in [-0.1, -0.05) is 59.3 Å². The molecule has 0 aliphatic heterocycles. The van der Waals surface area contributed by atoms with Crippen molar-refractivity contribution in [1.82, 2.24) is 0 Å². The van der Waals surface area contributed by atoms with Gasteiger partial charge in [0, 0.05) is 0 Å². The van der Waals surface area contributed by atoms with Gasteiger partial charge in [-0.3, -0.25) is 4.79 Å². The van der Waals surface area contributed by atoms with Crippen molar-refractivity contribution in [2.45, 2.75) is 112 Å². The first kappa shape index (κ1) is 23.6. The highest BCUT2D eigenvalue weighted by Crippen LogP contribution is 2.74. The number of hydrogen-bond acceptors (Lipinski definition) is 2. The molecule has 0 bridgehead atoms. The van der Waals surface area contributed by atoms with Crippen LogP contribution in [0.4, 0.5) is 0 Å². The number of hydrogen-bond donors (Lipinski definition) is 2. The van der Waals surface area contributed by atoms with Gasteiger partial charge in [-0.25, -0.2) is 0 Å². The minimum atomic E-state index is -0.640. The molecule has 0 aromatic carbocycles. The lowest BCUT2D eigenvalue weighted by Gasteiger charge is -2.69. The zero-order valence-electron chi connectivity index (χ0n) is 22.1. The molecule has 0 heterocycles. The van der Waals surface area contributed by atoms with E-state index in [-0.39, 0.29) is 33.2 Å². The maximum atomic E-state index is 12.2. The third-order valence-electron chi connectivity index (χ3n) is 12.7. The summed E-state index contributed by atoms with van der Waals surface area (Å²) in [5, 5.41) is 20.9. The van der Waals surface area contributed by atoms with Crippen LogP contribution in [0.2, 0.25) is 0 Å². The number of allylic oxidation sites excluding steroid dienone is 4. The Morgan fingerprint density at radius 3 is 2.24 bits per heavy atom. The summed E-state index contributed by atoms with van der Waals surface area (Å²) in [6.45, 7) is 16.6. The molecule has 3 heteroatoms. The van der Waals surface area contributed by atoms with Crippen LogP contribution in [0.5, 0.6) is 0 Å². The predicted molar refractivity (Wildman–Crippen MR) is 133 cm³/mol. The van der Waals surface area contributed by atoms with Crippen molar-refractivity contribution in [1.29, 1.82) is 0 Å². The molecule has 3 fully saturated rings. The lowest BCUT2D eigenvalue weighted by Crippen LogP contribution is -2.63. The molecular weight excluding hydrogens is 408 g/mol. The average molecular weight is 455 g/mol. The Morgan fingerprint density at radius 2 is 1.58 bits per heavy atom. The smallest absolute Gasteiger partial charge is 0.309 e. The molecule has 0 saturated heterocycles. The number of rotatable bonds is 1. The summed E-state index contributed by atoms with van der Waals surface area (Å²) >= 11 is 0. The molecule has 5 rings (SSSR count). The first-order chi connectivity index (χ1) is 15.1. The van der Waals surface area contributed by atoms with Crippen molar-refractivity contribution < 1.29 is 15.0 Å². The van der Waals surface area contributed by atoms with Crippen LogP contribution >= 0.6 is 0 Å². The van der Waals surface area contributed by atoms with Gasteiger partial charge < -0.3 is 10.2 Å². The van der Waals surface area contributed by atoms with Gasteiger partial charge in [0.05, 0.1) is 11.5 Å². The fraction of sp³-hybridized carbons (Fsp3) is 0.833. The minimum Gasteiger partial charge on any atom is -0.481 e. The lowest BCUT2D eigenvalue weighted by atomic mass is 9.35. The molecule has 0 amide bonds. The highest BCUT2D eigenvalue weighted by Gasteiger charge is 2.66. The monoisotopic (exact) mass is 454 g/mol. The van der Waals surface area contributed by atoms with Crippen molar-refractivity contribution in [2.24, 2.45) is 44.3 Å². The molecule has 0 aromatic rings. The van der Waals surface area contributed by atoms with Crippen molar-refractivity contribution in [3.63, 3.8) is 0 Å². The molecule has 184 valence electrons. The summed E-state index contributed by atoms with van der Waals surface area (Å²) < 4.78 is 0. The summed E-state index contributed by atoms with van der Waals surface area (Å²) in [6.07, 6.45) is 14.0. The Hall–Kier alpha value is -1.09. The molecular formula is C30H46O3. The molecule has 3 nitrogen and oxygen atoms in total. The second-order valence-electron chi connectivity index (χ2n) is 14.6. The van der Waals surface area contributed by atoms with Crippen LogP contribution < -0.4 is 0 Å². The average Bonchev–Trinajstić information content (AvgIpc) is 2.73. The Labute approximate surface area is 201 Å². The van der Waals surface area contributed by atoms with Gasteiger partial charge in [-0.15, -0.1) is 0 Å². The van der Waals surface area contributed by atoms with Crippen molar-refractivity contribution in [3.05, 3.63) is 23.3 Å². The summed E-state index contributed by atoms with van der Waals surface area (Å²) in [6, 6.07) is 0. The molecule has 5 aliphatic rings. The Balaban J connectivity index is 1.65. The van der Waals surface area contributed by atoms with Gasteiger partial charge in [-0.05, 0) is 109 Å². The van der Waals surface area contributed by atoms with Gasteiger partial charge in [0.2, 0.25) is 0 Å². The van der Waals surface area contributed by atoms with Crippen molar-refractivity contribution >= 4 is 5.97 Å². The van der Waals surface area contributed by atoms with E-state index in [2.05, 4.69) is 53.7 Å². The third kappa shape index (κ3) is 2.81. The van der Waals surface area contributed by atoms with E-state index >= 15 is 0 Å². The highest BCUT2D eigenvalue weighted by atomic mass is 16.4. The topological polar surface area (TPSA) is 57.5 Å². The van der Waals surface area contributed by atoms with Crippen LogP contribution in [0.15, 0.2) is 23.3 Å². The van der Waals surface area contributed by atoms with Crippen molar-refractivity contribution in [2.75, 3.05) is 0 Å². The molecule has 2 N–H and O–H groups in total. The fourth-order valence-corrected chi connectivity index (χ4v) is 9.87. The van der Waals surface area contributed by atoms with E-state index in [0.29, 0.717) is 18.3 Å². The largest absolute Gasteiger partial charge is 0.481 e. The summed E-state index contributed by atoms with van der Waals surface area (Å²) in [5.74, 6) is 0.404. The first-order valence-corrected chi connectivity index (χ1v) is 13.5. The molecule has 0 aromatic heterocycles. The number of carboxylic acids is 1. The van der Waals surface area contributed by atoms with E-state index in [9.17, 15) is 15.0 Å². The van der Waals surface area contributed by atoms with E-state index in [1.807, 2.05) is 6.92 Å². The molecule has 0 spiro atoms. The third-order valence-corrected chi connectivity index (χ3v) is 12.7. The first-order valence-electron chi connectivity index (χ1n) is 13.5. The van der Waals surface area contributed by atoms with Gasteiger partial charge in [0.25, 0.3) is 0 Å².